The van der Waals surface area contributed by atoms with Crippen molar-refractivity contribution in [2.45, 2.75) is 43.0 Å². The Morgan fingerprint density at radius 1 is 1.58 bits per heavy atom. The second-order valence-corrected chi connectivity index (χ2v) is 6.43. The molecule has 104 valence electrons. The smallest absolute Gasteiger partial charge is 0.233 e. The maximum Gasteiger partial charge on any atom is 0.233 e. The van der Waals surface area contributed by atoms with Gasteiger partial charge in [-0.25, -0.2) is 4.68 Å². The van der Waals surface area contributed by atoms with Gasteiger partial charge in [0.15, 0.2) is 0 Å². The number of hydrogen-bond donors (Lipinski definition) is 1. The molecule has 0 radical (unpaired) electrons. The maximum absolute atomic E-state index is 12.0. The number of aromatic nitrogens is 4. The van der Waals surface area contributed by atoms with E-state index in [4.69, 9.17) is 0 Å². The second kappa shape index (κ2) is 4.75. The van der Waals surface area contributed by atoms with Gasteiger partial charge in [-0.1, -0.05) is 11.8 Å². The van der Waals surface area contributed by atoms with Crippen LogP contribution in [0.4, 0.5) is 0 Å². The van der Waals surface area contributed by atoms with Gasteiger partial charge in [-0.2, -0.15) is 0 Å². The fraction of sp³-hybridized carbons (Fsp3) is 0.818. The Bertz CT molecular complexity index is 485. The van der Waals surface area contributed by atoms with Crippen molar-refractivity contribution < 1.29 is 9.90 Å². The van der Waals surface area contributed by atoms with Crippen LogP contribution in [-0.2, 0) is 4.79 Å². The molecule has 1 N–H and O–H groups in total. The summed E-state index contributed by atoms with van der Waals surface area (Å²) < 4.78 is 1.80. The summed E-state index contributed by atoms with van der Waals surface area (Å²) in [6.07, 6.45) is 2.87. The van der Waals surface area contributed by atoms with Crippen LogP contribution in [0, 0.1) is 0 Å². The maximum atomic E-state index is 12.0. The van der Waals surface area contributed by atoms with Crippen LogP contribution in [-0.4, -0.2) is 60.6 Å². The fourth-order valence-corrected chi connectivity index (χ4v) is 3.05. The fourth-order valence-electron chi connectivity index (χ4n) is 2.20. The van der Waals surface area contributed by atoms with Gasteiger partial charge in [0.25, 0.3) is 0 Å². The molecule has 1 aliphatic heterocycles. The normalized spacial score (nSPS) is 26.9. The summed E-state index contributed by atoms with van der Waals surface area (Å²) in [5.74, 6) is 0.358. The SMILES string of the molecule is CC1(O)CCN(C(=O)CSc2nnnn2C2CC2)C1. The third-order valence-electron chi connectivity index (χ3n) is 3.48. The third kappa shape index (κ3) is 2.89. The first-order valence-corrected chi connectivity index (χ1v) is 7.44. The number of rotatable bonds is 4. The summed E-state index contributed by atoms with van der Waals surface area (Å²) in [6.45, 7) is 2.81. The van der Waals surface area contributed by atoms with Crippen LogP contribution in [0.3, 0.4) is 0 Å². The molecule has 1 atom stereocenters. The van der Waals surface area contributed by atoms with Gasteiger partial charge in [-0.3, -0.25) is 4.79 Å². The van der Waals surface area contributed by atoms with Crippen molar-refractivity contribution in [1.82, 2.24) is 25.1 Å². The van der Waals surface area contributed by atoms with Crippen LogP contribution in [0.5, 0.6) is 0 Å². The highest BCUT2D eigenvalue weighted by molar-refractivity contribution is 7.99. The van der Waals surface area contributed by atoms with E-state index >= 15 is 0 Å². The molecule has 0 bridgehead atoms. The highest BCUT2D eigenvalue weighted by atomic mass is 32.2. The molecule has 19 heavy (non-hydrogen) atoms. The number of likely N-dealkylation sites (tertiary alicyclic amines) is 1. The lowest BCUT2D eigenvalue weighted by molar-refractivity contribution is -0.128. The van der Waals surface area contributed by atoms with Crippen LogP contribution < -0.4 is 0 Å². The Morgan fingerprint density at radius 2 is 2.37 bits per heavy atom. The molecule has 2 aliphatic rings. The number of tetrazole rings is 1. The van der Waals surface area contributed by atoms with E-state index in [9.17, 15) is 9.90 Å². The van der Waals surface area contributed by atoms with Crippen molar-refractivity contribution in [2.75, 3.05) is 18.8 Å². The number of nitrogens with zero attached hydrogens (tertiary/aromatic N) is 5. The summed E-state index contributed by atoms with van der Waals surface area (Å²) in [6, 6.07) is 0.417. The van der Waals surface area contributed by atoms with Crippen LogP contribution in [0.1, 0.15) is 32.2 Å². The summed E-state index contributed by atoms with van der Waals surface area (Å²) in [7, 11) is 0. The predicted molar refractivity (Wildman–Crippen MR) is 68.6 cm³/mol. The van der Waals surface area contributed by atoms with Gasteiger partial charge in [0.1, 0.15) is 0 Å². The largest absolute Gasteiger partial charge is 0.388 e. The predicted octanol–water partition coefficient (Wildman–Crippen LogP) is 0.0834. The standard InChI is InChI=1S/C11H17N5O2S/c1-11(18)4-5-15(7-11)9(17)6-19-10-12-13-14-16(10)8-2-3-8/h8,18H,2-7H2,1H3. The zero-order valence-electron chi connectivity index (χ0n) is 10.8. The van der Waals surface area contributed by atoms with E-state index in [0.717, 1.165) is 12.8 Å². The average Bonchev–Trinajstić information content (AvgIpc) is 2.99. The van der Waals surface area contributed by atoms with Crippen molar-refractivity contribution in [3.8, 4) is 0 Å². The van der Waals surface area contributed by atoms with E-state index in [0.29, 0.717) is 36.5 Å². The van der Waals surface area contributed by atoms with Crippen LogP contribution in [0.15, 0.2) is 5.16 Å². The quantitative estimate of drug-likeness (QED) is 0.788. The highest BCUT2D eigenvalue weighted by Gasteiger charge is 2.34. The van der Waals surface area contributed by atoms with Crippen molar-refractivity contribution in [1.29, 1.82) is 0 Å². The lowest BCUT2D eigenvalue weighted by Crippen LogP contribution is -2.34. The molecule has 1 aliphatic carbocycles. The van der Waals surface area contributed by atoms with Gasteiger partial charge in [-0.05, 0) is 36.6 Å². The van der Waals surface area contributed by atoms with Crippen LogP contribution >= 0.6 is 11.8 Å². The van der Waals surface area contributed by atoms with Crippen molar-refractivity contribution in [2.24, 2.45) is 0 Å². The third-order valence-corrected chi connectivity index (χ3v) is 4.40. The van der Waals surface area contributed by atoms with E-state index in [1.807, 2.05) is 0 Å². The first-order valence-electron chi connectivity index (χ1n) is 6.46. The minimum absolute atomic E-state index is 0.0353. The second-order valence-electron chi connectivity index (χ2n) is 5.49. The van der Waals surface area contributed by atoms with Gasteiger partial charge in [0.05, 0.1) is 17.4 Å². The minimum atomic E-state index is -0.740. The van der Waals surface area contributed by atoms with Gasteiger partial charge < -0.3 is 10.0 Å². The minimum Gasteiger partial charge on any atom is -0.388 e. The molecule has 0 spiro atoms. The molecule has 2 fully saturated rings. The summed E-state index contributed by atoms with van der Waals surface area (Å²) in [4.78, 5) is 13.7. The Morgan fingerprint density at radius 3 is 3.00 bits per heavy atom. The molecule has 3 rings (SSSR count). The van der Waals surface area contributed by atoms with Gasteiger partial charge >= 0.3 is 0 Å². The molecule has 1 saturated carbocycles. The molecular formula is C11H17N5O2S. The Labute approximate surface area is 115 Å². The molecule has 0 aromatic carbocycles. The van der Waals surface area contributed by atoms with Crippen molar-refractivity contribution >= 4 is 17.7 Å². The summed E-state index contributed by atoms with van der Waals surface area (Å²) >= 11 is 1.37. The van der Waals surface area contributed by atoms with Crippen LogP contribution in [0.25, 0.3) is 0 Å². The first kappa shape index (κ1) is 12.9. The molecule has 1 aromatic rings. The monoisotopic (exact) mass is 283 g/mol. The van der Waals surface area contributed by atoms with Crippen LogP contribution in [0.2, 0.25) is 0 Å². The molecule has 1 unspecified atom stereocenters. The first-order chi connectivity index (χ1) is 9.05. The molecular weight excluding hydrogens is 266 g/mol. The van der Waals surface area contributed by atoms with Crippen molar-refractivity contribution in [3.05, 3.63) is 0 Å². The number of hydrogen-bond acceptors (Lipinski definition) is 6. The number of amides is 1. The summed E-state index contributed by atoms with van der Waals surface area (Å²) in [5, 5.41) is 22.1. The van der Waals surface area contributed by atoms with E-state index in [-0.39, 0.29) is 5.91 Å². The molecule has 2 heterocycles. The van der Waals surface area contributed by atoms with Gasteiger partial charge in [0, 0.05) is 13.1 Å². The molecule has 8 heteroatoms. The Kier molecular flexibility index (Phi) is 3.22. The number of β-amino-alcohol motifs (C(OH)–C–C–N with tert-alkyl or cyclic N) is 1. The van der Waals surface area contributed by atoms with Gasteiger partial charge in [-0.15, -0.1) is 5.10 Å². The summed E-state index contributed by atoms with van der Waals surface area (Å²) in [5.41, 5.74) is -0.740. The Balaban J connectivity index is 1.54. The highest BCUT2D eigenvalue weighted by Crippen LogP contribution is 2.36. The zero-order chi connectivity index (χ0) is 13.5. The molecule has 7 nitrogen and oxygen atoms in total. The number of carbonyl (C=O) groups excluding carboxylic acids is 1. The number of carbonyl (C=O) groups is 1. The van der Waals surface area contributed by atoms with E-state index in [1.54, 1.807) is 16.5 Å². The molecule has 1 aromatic heterocycles. The zero-order valence-corrected chi connectivity index (χ0v) is 11.6. The van der Waals surface area contributed by atoms with E-state index < -0.39 is 5.60 Å². The average molecular weight is 283 g/mol. The van der Waals surface area contributed by atoms with Crippen molar-refractivity contribution in [3.63, 3.8) is 0 Å². The lowest BCUT2D eigenvalue weighted by atomic mass is 10.1. The molecule has 1 saturated heterocycles. The topological polar surface area (TPSA) is 84.1 Å². The van der Waals surface area contributed by atoms with E-state index in [1.165, 1.54) is 11.8 Å². The van der Waals surface area contributed by atoms with E-state index in [2.05, 4.69) is 15.5 Å². The molecule has 1 amide bonds. The lowest BCUT2D eigenvalue weighted by Gasteiger charge is -2.18. The number of aliphatic hydroxyl groups is 1. The Hall–Kier alpha value is -1.15. The number of thioether (sulfide) groups is 1. The van der Waals surface area contributed by atoms with Gasteiger partial charge in [0.2, 0.25) is 11.1 Å².